The summed E-state index contributed by atoms with van der Waals surface area (Å²) < 4.78 is 11.0. The highest BCUT2D eigenvalue weighted by Crippen LogP contribution is 2.31. The molecule has 1 N–H and O–H groups in total. The molecule has 1 saturated heterocycles. The number of benzene rings is 1. The van der Waals surface area contributed by atoms with E-state index in [2.05, 4.69) is 26.2 Å². The standard InChI is InChI=1S/C20H28N4O3S/c1-4-21-19(25)18-15(14-26-3)22-20(28-18)24-12-10-23(11-13-24)16-8-6-7-9-17(16)27-5-2/h6-9H,4-5,10-14H2,1-3H3,(H,21,25). The van der Waals surface area contributed by atoms with Gasteiger partial charge in [0.2, 0.25) is 0 Å². The number of anilines is 2. The van der Waals surface area contributed by atoms with Crippen molar-refractivity contribution >= 4 is 28.1 Å². The SMILES string of the molecule is CCNC(=O)c1sc(N2CCN(c3ccccc3OCC)CC2)nc1COC. The molecule has 1 fully saturated rings. The lowest BCUT2D eigenvalue weighted by Crippen LogP contribution is -2.46. The number of ether oxygens (including phenoxy) is 2. The molecular formula is C20H28N4O3S. The van der Waals surface area contributed by atoms with E-state index in [1.165, 1.54) is 11.3 Å². The van der Waals surface area contributed by atoms with Gasteiger partial charge in [-0.2, -0.15) is 0 Å². The molecule has 1 aromatic heterocycles. The second-order valence-corrected chi connectivity index (χ2v) is 7.42. The summed E-state index contributed by atoms with van der Waals surface area (Å²) in [4.78, 5) is 22.2. The maximum Gasteiger partial charge on any atom is 0.263 e. The Bertz CT molecular complexity index is 788. The van der Waals surface area contributed by atoms with E-state index in [1.54, 1.807) is 7.11 Å². The van der Waals surface area contributed by atoms with Crippen LogP contribution in [0.3, 0.4) is 0 Å². The van der Waals surface area contributed by atoms with Crippen LogP contribution in [0.2, 0.25) is 0 Å². The van der Waals surface area contributed by atoms with Gasteiger partial charge in [-0.15, -0.1) is 0 Å². The molecule has 0 bridgehead atoms. The molecular weight excluding hydrogens is 376 g/mol. The molecule has 1 aliphatic rings. The van der Waals surface area contributed by atoms with Crippen LogP contribution < -0.4 is 19.9 Å². The van der Waals surface area contributed by atoms with Gasteiger partial charge in [0.15, 0.2) is 5.13 Å². The van der Waals surface area contributed by atoms with Crippen molar-refractivity contribution in [2.24, 2.45) is 0 Å². The quantitative estimate of drug-likeness (QED) is 0.730. The first-order valence-corrected chi connectivity index (χ1v) is 10.5. The van der Waals surface area contributed by atoms with Gasteiger partial charge in [0.25, 0.3) is 5.91 Å². The van der Waals surface area contributed by atoms with Crippen molar-refractivity contribution in [3.63, 3.8) is 0 Å². The van der Waals surface area contributed by atoms with Crippen molar-refractivity contribution in [3.8, 4) is 5.75 Å². The van der Waals surface area contributed by atoms with Crippen molar-refractivity contribution in [1.29, 1.82) is 0 Å². The third-order valence-electron chi connectivity index (χ3n) is 4.57. The fraction of sp³-hybridized carbons (Fsp3) is 0.500. The van der Waals surface area contributed by atoms with Crippen LogP contribution in [0.4, 0.5) is 10.8 Å². The Morgan fingerprint density at radius 1 is 1.18 bits per heavy atom. The molecule has 0 unspecified atom stereocenters. The number of hydrogen-bond donors (Lipinski definition) is 1. The number of carbonyl (C=O) groups is 1. The maximum absolute atomic E-state index is 12.3. The highest BCUT2D eigenvalue weighted by Gasteiger charge is 2.25. The van der Waals surface area contributed by atoms with E-state index in [0.29, 0.717) is 30.3 Å². The van der Waals surface area contributed by atoms with Crippen LogP contribution in [0.15, 0.2) is 24.3 Å². The molecule has 1 aromatic carbocycles. The number of thiazole rings is 1. The number of aromatic nitrogens is 1. The number of methoxy groups -OCH3 is 1. The summed E-state index contributed by atoms with van der Waals surface area (Å²) in [6.07, 6.45) is 0. The van der Waals surface area contributed by atoms with Crippen LogP contribution in [-0.2, 0) is 11.3 Å². The number of nitrogens with one attached hydrogen (secondary N) is 1. The van der Waals surface area contributed by atoms with E-state index in [0.717, 1.165) is 42.7 Å². The molecule has 0 atom stereocenters. The minimum absolute atomic E-state index is 0.0809. The van der Waals surface area contributed by atoms with Gasteiger partial charge in [0, 0.05) is 39.8 Å². The lowest BCUT2D eigenvalue weighted by atomic mass is 10.2. The van der Waals surface area contributed by atoms with E-state index in [1.807, 2.05) is 32.0 Å². The Hall–Kier alpha value is -2.32. The number of piperazine rings is 1. The number of hydrogen-bond acceptors (Lipinski definition) is 7. The van der Waals surface area contributed by atoms with Crippen molar-refractivity contribution in [2.75, 3.05) is 56.2 Å². The number of nitrogens with zero attached hydrogens (tertiary/aromatic N) is 3. The Morgan fingerprint density at radius 2 is 1.89 bits per heavy atom. The predicted octanol–water partition coefficient (Wildman–Crippen LogP) is 2.76. The molecule has 0 aliphatic carbocycles. The zero-order valence-electron chi connectivity index (χ0n) is 16.7. The predicted molar refractivity (Wildman–Crippen MR) is 113 cm³/mol. The Balaban J connectivity index is 1.71. The summed E-state index contributed by atoms with van der Waals surface area (Å²) in [5, 5.41) is 3.74. The van der Waals surface area contributed by atoms with Gasteiger partial charge < -0.3 is 24.6 Å². The Labute approximate surface area is 170 Å². The van der Waals surface area contributed by atoms with Gasteiger partial charge >= 0.3 is 0 Å². The first-order chi connectivity index (χ1) is 13.7. The van der Waals surface area contributed by atoms with E-state index < -0.39 is 0 Å². The summed E-state index contributed by atoms with van der Waals surface area (Å²) in [5.41, 5.74) is 1.84. The zero-order valence-corrected chi connectivity index (χ0v) is 17.6. The van der Waals surface area contributed by atoms with E-state index in [-0.39, 0.29) is 5.91 Å². The second kappa shape index (κ2) is 9.75. The summed E-state index contributed by atoms with van der Waals surface area (Å²) in [5.74, 6) is 0.844. The van der Waals surface area contributed by atoms with Crippen molar-refractivity contribution in [2.45, 2.75) is 20.5 Å². The fourth-order valence-corrected chi connectivity index (χ4v) is 4.30. The van der Waals surface area contributed by atoms with Crippen LogP contribution in [0.25, 0.3) is 0 Å². The van der Waals surface area contributed by atoms with Crippen LogP contribution >= 0.6 is 11.3 Å². The highest BCUT2D eigenvalue weighted by atomic mass is 32.1. The molecule has 152 valence electrons. The van der Waals surface area contributed by atoms with Crippen molar-refractivity contribution < 1.29 is 14.3 Å². The molecule has 0 spiro atoms. The van der Waals surface area contributed by atoms with Gasteiger partial charge in [-0.1, -0.05) is 23.5 Å². The molecule has 2 aromatic rings. The highest BCUT2D eigenvalue weighted by molar-refractivity contribution is 7.17. The van der Waals surface area contributed by atoms with E-state index in [9.17, 15) is 4.79 Å². The van der Waals surface area contributed by atoms with E-state index >= 15 is 0 Å². The first-order valence-electron chi connectivity index (χ1n) is 9.66. The molecule has 1 aliphatic heterocycles. The third-order valence-corrected chi connectivity index (χ3v) is 5.72. The molecule has 8 heteroatoms. The summed E-state index contributed by atoms with van der Waals surface area (Å²) in [6, 6.07) is 8.16. The maximum atomic E-state index is 12.3. The number of para-hydroxylation sites is 2. The Morgan fingerprint density at radius 3 is 2.57 bits per heavy atom. The average Bonchev–Trinajstić information content (AvgIpc) is 3.13. The fourth-order valence-electron chi connectivity index (χ4n) is 3.26. The molecule has 7 nitrogen and oxygen atoms in total. The molecule has 2 heterocycles. The van der Waals surface area contributed by atoms with Crippen LogP contribution in [-0.4, -0.2) is 57.3 Å². The zero-order chi connectivity index (χ0) is 19.9. The molecule has 0 radical (unpaired) electrons. The summed E-state index contributed by atoms with van der Waals surface area (Å²) >= 11 is 1.44. The smallest absolute Gasteiger partial charge is 0.263 e. The molecule has 0 saturated carbocycles. The monoisotopic (exact) mass is 404 g/mol. The lowest BCUT2D eigenvalue weighted by molar-refractivity contribution is 0.0954. The molecule has 28 heavy (non-hydrogen) atoms. The number of amides is 1. The van der Waals surface area contributed by atoms with Gasteiger partial charge in [-0.05, 0) is 26.0 Å². The molecule has 1 amide bonds. The van der Waals surface area contributed by atoms with Crippen LogP contribution in [0, 0.1) is 0 Å². The number of carbonyl (C=O) groups excluding carboxylic acids is 1. The van der Waals surface area contributed by atoms with Gasteiger partial charge in [0.1, 0.15) is 10.6 Å². The third kappa shape index (κ3) is 4.56. The lowest BCUT2D eigenvalue weighted by Gasteiger charge is -2.36. The Kier molecular flexibility index (Phi) is 7.11. The minimum Gasteiger partial charge on any atom is -0.492 e. The molecule has 3 rings (SSSR count). The first kappa shape index (κ1) is 20.4. The van der Waals surface area contributed by atoms with Crippen LogP contribution in [0.1, 0.15) is 29.2 Å². The minimum atomic E-state index is -0.0809. The second-order valence-electron chi connectivity index (χ2n) is 6.44. The summed E-state index contributed by atoms with van der Waals surface area (Å²) in [7, 11) is 1.62. The largest absolute Gasteiger partial charge is 0.492 e. The van der Waals surface area contributed by atoms with Gasteiger partial charge in [-0.3, -0.25) is 4.79 Å². The average molecular weight is 405 g/mol. The topological polar surface area (TPSA) is 66.9 Å². The normalized spacial score (nSPS) is 14.2. The van der Waals surface area contributed by atoms with Crippen molar-refractivity contribution in [1.82, 2.24) is 10.3 Å². The van der Waals surface area contributed by atoms with Crippen LogP contribution in [0.5, 0.6) is 5.75 Å². The van der Waals surface area contributed by atoms with E-state index in [4.69, 9.17) is 9.47 Å². The van der Waals surface area contributed by atoms with Gasteiger partial charge in [-0.25, -0.2) is 4.98 Å². The van der Waals surface area contributed by atoms with Gasteiger partial charge in [0.05, 0.1) is 24.6 Å². The number of rotatable bonds is 8. The van der Waals surface area contributed by atoms with Crippen molar-refractivity contribution in [3.05, 3.63) is 34.8 Å². The summed E-state index contributed by atoms with van der Waals surface area (Å²) in [6.45, 7) is 8.93.